The molecule has 0 saturated carbocycles. The van der Waals surface area contributed by atoms with Crippen LogP contribution in [-0.4, -0.2) is 22.6 Å². The van der Waals surface area contributed by atoms with Crippen LogP contribution in [0.4, 0.5) is 0 Å². The zero-order valence-corrected chi connectivity index (χ0v) is 10.3. The van der Waals surface area contributed by atoms with Gasteiger partial charge in [-0.25, -0.2) is 0 Å². The number of rotatable bonds is 4. The number of thioether (sulfide) groups is 1. The summed E-state index contributed by atoms with van der Waals surface area (Å²) in [7, 11) is 0. The van der Waals surface area contributed by atoms with E-state index in [0.29, 0.717) is 5.75 Å². The molecule has 1 aromatic carbocycles. The van der Waals surface area contributed by atoms with Crippen molar-refractivity contribution in [3.8, 4) is 0 Å². The molecule has 0 bridgehead atoms. The Morgan fingerprint density at radius 2 is 2.21 bits per heavy atom. The normalized spacial score (nSPS) is 12.9. The Hall–Kier alpha value is -0.0300. The second kappa shape index (κ2) is 5.75. The summed E-state index contributed by atoms with van der Waals surface area (Å²) in [6.45, 7) is 1.91. The highest BCUT2D eigenvalue weighted by atomic mass is 79.9. The first kappa shape index (κ1) is 12.0. The first-order valence-electron chi connectivity index (χ1n) is 4.36. The van der Waals surface area contributed by atoms with Crippen molar-refractivity contribution in [2.75, 3.05) is 12.4 Å². The summed E-state index contributed by atoms with van der Waals surface area (Å²) in [4.78, 5) is 1.09. The average Bonchev–Trinajstić information content (AvgIpc) is 2.15. The van der Waals surface area contributed by atoms with E-state index < -0.39 is 6.10 Å². The molecule has 1 aromatic rings. The second-order valence-electron chi connectivity index (χ2n) is 2.94. The lowest BCUT2D eigenvalue weighted by Crippen LogP contribution is -1.92. The lowest BCUT2D eigenvalue weighted by atomic mass is 10.1. The standard InChI is InChI=1S/C10H13BrO2S/c1-7(13)8-2-3-10(9(11)6-8)14-5-4-12/h2-3,6-7,12-13H,4-5H2,1H3/t7-/m0/s1. The van der Waals surface area contributed by atoms with Crippen LogP contribution < -0.4 is 0 Å². The van der Waals surface area contributed by atoms with Gasteiger partial charge in [0.05, 0.1) is 12.7 Å². The fraction of sp³-hybridized carbons (Fsp3) is 0.400. The van der Waals surface area contributed by atoms with Crippen molar-refractivity contribution < 1.29 is 10.2 Å². The zero-order chi connectivity index (χ0) is 10.6. The number of aliphatic hydroxyl groups excluding tert-OH is 2. The average molecular weight is 277 g/mol. The van der Waals surface area contributed by atoms with Gasteiger partial charge in [0, 0.05) is 15.1 Å². The number of benzene rings is 1. The zero-order valence-electron chi connectivity index (χ0n) is 7.90. The monoisotopic (exact) mass is 276 g/mol. The fourth-order valence-corrected chi connectivity index (χ4v) is 2.46. The van der Waals surface area contributed by atoms with Crippen molar-refractivity contribution in [1.82, 2.24) is 0 Å². The van der Waals surface area contributed by atoms with Crippen LogP contribution in [0, 0.1) is 0 Å². The molecule has 78 valence electrons. The molecule has 0 fully saturated rings. The maximum atomic E-state index is 9.35. The van der Waals surface area contributed by atoms with Crippen LogP contribution in [0.5, 0.6) is 0 Å². The molecule has 0 aromatic heterocycles. The molecule has 0 saturated heterocycles. The number of halogens is 1. The van der Waals surface area contributed by atoms with E-state index in [1.165, 1.54) is 0 Å². The highest BCUT2D eigenvalue weighted by Gasteiger charge is 2.05. The van der Waals surface area contributed by atoms with E-state index in [1.54, 1.807) is 18.7 Å². The molecule has 4 heteroatoms. The van der Waals surface area contributed by atoms with Crippen LogP contribution in [0.25, 0.3) is 0 Å². The van der Waals surface area contributed by atoms with Crippen molar-refractivity contribution in [1.29, 1.82) is 0 Å². The maximum absolute atomic E-state index is 9.35. The minimum absolute atomic E-state index is 0.176. The predicted octanol–water partition coefficient (Wildman–Crippen LogP) is 2.59. The van der Waals surface area contributed by atoms with Crippen LogP contribution in [0.15, 0.2) is 27.6 Å². The summed E-state index contributed by atoms with van der Waals surface area (Å²) < 4.78 is 0.967. The second-order valence-corrected chi connectivity index (χ2v) is 4.93. The molecule has 1 atom stereocenters. The molecule has 0 aliphatic rings. The van der Waals surface area contributed by atoms with Crippen LogP contribution in [0.3, 0.4) is 0 Å². The van der Waals surface area contributed by atoms with Gasteiger partial charge in [-0.1, -0.05) is 6.07 Å². The van der Waals surface area contributed by atoms with E-state index in [-0.39, 0.29) is 6.61 Å². The predicted molar refractivity (Wildman–Crippen MR) is 62.6 cm³/mol. The van der Waals surface area contributed by atoms with E-state index in [2.05, 4.69) is 15.9 Å². The Kier molecular flexibility index (Phi) is 4.95. The van der Waals surface area contributed by atoms with Gasteiger partial charge in [-0.3, -0.25) is 0 Å². The van der Waals surface area contributed by atoms with Crippen molar-refractivity contribution in [2.45, 2.75) is 17.9 Å². The SMILES string of the molecule is C[C@H](O)c1ccc(SCCO)c(Br)c1. The van der Waals surface area contributed by atoms with Gasteiger partial charge in [0.25, 0.3) is 0 Å². The smallest absolute Gasteiger partial charge is 0.0762 e. The first-order valence-corrected chi connectivity index (χ1v) is 6.14. The summed E-state index contributed by atoms with van der Waals surface area (Å²) >= 11 is 5.02. The van der Waals surface area contributed by atoms with Crippen molar-refractivity contribution >= 4 is 27.7 Å². The van der Waals surface area contributed by atoms with Gasteiger partial charge in [0.15, 0.2) is 0 Å². The van der Waals surface area contributed by atoms with Crippen molar-refractivity contribution in [3.05, 3.63) is 28.2 Å². The number of aliphatic hydroxyl groups is 2. The largest absolute Gasteiger partial charge is 0.396 e. The molecule has 0 aliphatic heterocycles. The molecule has 0 unspecified atom stereocenters. The highest BCUT2D eigenvalue weighted by Crippen LogP contribution is 2.29. The lowest BCUT2D eigenvalue weighted by Gasteiger charge is -2.08. The molecular weight excluding hydrogens is 264 g/mol. The van der Waals surface area contributed by atoms with Gasteiger partial charge in [-0.05, 0) is 40.5 Å². The summed E-state index contributed by atoms with van der Waals surface area (Å²) in [5.74, 6) is 0.687. The molecule has 0 heterocycles. The summed E-state index contributed by atoms with van der Waals surface area (Å²) in [6, 6.07) is 5.76. The number of hydrogen-bond acceptors (Lipinski definition) is 3. The highest BCUT2D eigenvalue weighted by molar-refractivity contribution is 9.10. The van der Waals surface area contributed by atoms with Gasteiger partial charge in [0.1, 0.15) is 0 Å². The Bertz CT molecular complexity index is 302. The van der Waals surface area contributed by atoms with Crippen LogP contribution in [0.1, 0.15) is 18.6 Å². The van der Waals surface area contributed by atoms with E-state index in [0.717, 1.165) is 14.9 Å². The third-order valence-electron chi connectivity index (χ3n) is 1.79. The Morgan fingerprint density at radius 3 is 2.71 bits per heavy atom. The molecule has 2 N–H and O–H groups in total. The van der Waals surface area contributed by atoms with E-state index in [4.69, 9.17) is 5.11 Å². The molecule has 2 nitrogen and oxygen atoms in total. The minimum atomic E-state index is -0.441. The van der Waals surface area contributed by atoms with E-state index in [1.807, 2.05) is 18.2 Å². The Morgan fingerprint density at radius 1 is 1.50 bits per heavy atom. The molecule has 0 aliphatic carbocycles. The lowest BCUT2D eigenvalue weighted by molar-refractivity contribution is 0.199. The maximum Gasteiger partial charge on any atom is 0.0762 e. The van der Waals surface area contributed by atoms with E-state index >= 15 is 0 Å². The molecule has 14 heavy (non-hydrogen) atoms. The third-order valence-corrected chi connectivity index (χ3v) is 3.76. The van der Waals surface area contributed by atoms with Gasteiger partial charge >= 0.3 is 0 Å². The van der Waals surface area contributed by atoms with E-state index in [9.17, 15) is 5.11 Å². The fourth-order valence-electron chi connectivity index (χ4n) is 1.05. The quantitative estimate of drug-likeness (QED) is 0.831. The summed E-state index contributed by atoms with van der Waals surface area (Å²) in [5, 5.41) is 18.0. The Labute approximate surface area is 96.5 Å². The molecule has 0 radical (unpaired) electrons. The first-order chi connectivity index (χ1) is 6.65. The van der Waals surface area contributed by atoms with Crippen molar-refractivity contribution in [2.24, 2.45) is 0 Å². The van der Waals surface area contributed by atoms with Gasteiger partial charge in [0.2, 0.25) is 0 Å². The van der Waals surface area contributed by atoms with Crippen LogP contribution in [0.2, 0.25) is 0 Å². The topological polar surface area (TPSA) is 40.5 Å². The molecule has 0 spiro atoms. The summed E-state index contributed by atoms with van der Waals surface area (Å²) in [5.41, 5.74) is 0.894. The molecule has 0 amide bonds. The minimum Gasteiger partial charge on any atom is -0.396 e. The summed E-state index contributed by atoms with van der Waals surface area (Å²) in [6.07, 6.45) is -0.441. The molecule has 1 rings (SSSR count). The van der Waals surface area contributed by atoms with Crippen LogP contribution in [-0.2, 0) is 0 Å². The third kappa shape index (κ3) is 3.28. The molecular formula is C10H13BrO2S. The Balaban J connectivity index is 2.79. The van der Waals surface area contributed by atoms with Crippen LogP contribution >= 0.6 is 27.7 Å². The van der Waals surface area contributed by atoms with Gasteiger partial charge < -0.3 is 10.2 Å². The van der Waals surface area contributed by atoms with Gasteiger partial charge in [-0.2, -0.15) is 0 Å². The van der Waals surface area contributed by atoms with Crippen molar-refractivity contribution in [3.63, 3.8) is 0 Å². The number of hydrogen-bond donors (Lipinski definition) is 2. The van der Waals surface area contributed by atoms with Gasteiger partial charge in [-0.15, -0.1) is 11.8 Å².